The molecule has 3 rings (SSSR count). The van der Waals surface area contributed by atoms with Crippen LogP contribution in [0.3, 0.4) is 0 Å². The van der Waals surface area contributed by atoms with Crippen LogP contribution in [0.4, 0.5) is 0 Å². The molecule has 0 bridgehead atoms. The van der Waals surface area contributed by atoms with Crippen molar-refractivity contribution in [3.8, 4) is 0 Å². The topological polar surface area (TPSA) is 33.7 Å². The minimum atomic E-state index is -0.304. The SMILES string of the molecule is CC1(C)CC(=O)CC(c2ccccc2)(c2ccccc2)[NH2+]1. The molecule has 2 heteroatoms. The van der Waals surface area contributed by atoms with Gasteiger partial charge in [-0.25, -0.2) is 0 Å². The molecule has 1 saturated heterocycles. The molecule has 2 aromatic rings. The van der Waals surface area contributed by atoms with E-state index < -0.39 is 0 Å². The van der Waals surface area contributed by atoms with E-state index in [0.717, 1.165) is 0 Å². The van der Waals surface area contributed by atoms with Gasteiger partial charge < -0.3 is 5.32 Å². The summed E-state index contributed by atoms with van der Waals surface area (Å²) in [6.45, 7) is 4.31. The quantitative estimate of drug-likeness (QED) is 0.901. The van der Waals surface area contributed by atoms with Gasteiger partial charge in [0.1, 0.15) is 5.78 Å². The van der Waals surface area contributed by atoms with Crippen molar-refractivity contribution in [1.29, 1.82) is 0 Å². The van der Waals surface area contributed by atoms with Crippen LogP contribution in [0.25, 0.3) is 0 Å². The lowest BCUT2D eigenvalue weighted by molar-refractivity contribution is -0.786. The summed E-state index contributed by atoms with van der Waals surface area (Å²) in [4.78, 5) is 12.4. The third-order valence-corrected chi connectivity index (χ3v) is 4.34. The van der Waals surface area contributed by atoms with Gasteiger partial charge in [-0.05, 0) is 13.8 Å². The molecule has 1 heterocycles. The molecule has 0 saturated carbocycles. The van der Waals surface area contributed by atoms with E-state index in [4.69, 9.17) is 0 Å². The summed E-state index contributed by atoms with van der Waals surface area (Å²) in [5.74, 6) is 0.343. The number of hydrogen-bond donors (Lipinski definition) is 1. The molecule has 1 fully saturated rings. The van der Waals surface area contributed by atoms with Gasteiger partial charge >= 0.3 is 0 Å². The molecule has 0 unspecified atom stereocenters. The first-order valence-electron chi connectivity index (χ1n) is 7.52. The molecular weight excluding hydrogens is 258 g/mol. The molecule has 2 aromatic carbocycles. The molecule has 0 radical (unpaired) electrons. The van der Waals surface area contributed by atoms with E-state index >= 15 is 0 Å². The van der Waals surface area contributed by atoms with Gasteiger partial charge in [0.05, 0.1) is 18.4 Å². The Kier molecular flexibility index (Phi) is 3.42. The minimum Gasteiger partial charge on any atom is -0.329 e. The average Bonchev–Trinajstić information content (AvgIpc) is 2.47. The molecule has 2 nitrogen and oxygen atoms in total. The monoisotopic (exact) mass is 280 g/mol. The zero-order valence-electron chi connectivity index (χ0n) is 12.7. The van der Waals surface area contributed by atoms with Gasteiger partial charge in [0.25, 0.3) is 0 Å². The lowest BCUT2D eigenvalue weighted by atomic mass is 9.72. The highest BCUT2D eigenvalue weighted by atomic mass is 16.1. The van der Waals surface area contributed by atoms with E-state index in [0.29, 0.717) is 18.6 Å². The highest BCUT2D eigenvalue weighted by molar-refractivity contribution is 5.82. The summed E-state index contributed by atoms with van der Waals surface area (Å²) < 4.78 is 0. The van der Waals surface area contributed by atoms with Crippen molar-refractivity contribution >= 4 is 5.78 Å². The second kappa shape index (κ2) is 5.12. The van der Waals surface area contributed by atoms with Crippen LogP contribution in [0, 0.1) is 0 Å². The molecular formula is C19H22NO+. The van der Waals surface area contributed by atoms with Crippen molar-refractivity contribution in [3.05, 3.63) is 71.8 Å². The highest BCUT2D eigenvalue weighted by Gasteiger charge is 2.49. The zero-order chi connectivity index (χ0) is 14.9. The van der Waals surface area contributed by atoms with Gasteiger partial charge in [-0.3, -0.25) is 4.79 Å². The number of carbonyl (C=O) groups is 1. The molecule has 0 spiro atoms. The Morgan fingerprint density at radius 2 is 1.29 bits per heavy atom. The average molecular weight is 280 g/mol. The molecule has 0 amide bonds. The van der Waals surface area contributed by atoms with Crippen molar-refractivity contribution in [2.24, 2.45) is 0 Å². The van der Waals surface area contributed by atoms with Crippen LogP contribution in [0.15, 0.2) is 60.7 Å². The number of quaternary nitrogens is 1. The van der Waals surface area contributed by atoms with Crippen molar-refractivity contribution in [2.45, 2.75) is 37.8 Å². The van der Waals surface area contributed by atoms with E-state index in [9.17, 15) is 4.79 Å². The maximum atomic E-state index is 12.4. The largest absolute Gasteiger partial charge is 0.329 e. The van der Waals surface area contributed by atoms with Gasteiger partial charge in [-0.1, -0.05) is 60.7 Å². The van der Waals surface area contributed by atoms with Crippen LogP contribution in [-0.4, -0.2) is 11.3 Å². The Morgan fingerprint density at radius 3 is 1.71 bits per heavy atom. The van der Waals surface area contributed by atoms with Crippen molar-refractivity contribution in [1.82, 2.24) is 0 Å². The third-order valence-electron chi connectivity index (χ3n) is 4.34. The van der Waals surface area contributed by atoms with Crippen molar-refractivity contribution in [3.63, 3.8) is 0 Å². The Labute approximate surface area is 126 Å². The number of Topliss-reactive ketones (excluding diaryl/α,β-unsaturated/α-hetero) is 1. The summed E-state index contributed by atoms with van der Waals surface area (Å²) in [5, 5.41) is 2.38. The van der Waals surface area contributed by atoms with Gasteiger partial charge in [0, 0.05) is 11.1 Å². The van der Waals surface area contributed by atoms with Crippen LogP contribution in [-0.2, 0) is 10.3 Å². The van der Waals surface area contributed by atoms with Crippen LogP contribution in [0.5, 0.6) is 0 Å². The van der Waals surface area contributed by atoms with Gasteiger partial charge in [0.15, 0.2) is 5.54 Å². The summed E-state index contributed by atoms with van der Waals surface area (Å²) in [5.41, 5.74) is 2.03. The van der Waals surface area contributed by atoms with Crippen LogP contribution >= 0.6 is 0 Å². The second-order valence-electron chi connectivity index (χ2n) is 6.73. The summed E-state index contributed by atoms with van der Waals surface area (Å²) in [7, 11) is 0. The number of piperidine rings is 1. The first-order valence-corrected chi connectivity index (χ1v) is 7.52. The smallest absolute Gasteiger partial charge is 0.155 e. The Morgan fingerprint density at radius 1 is 0.810 bits per heavy atom. The Hall–Kier alpha value is -1.93. The van der Waals surface area contributed by atoms with E-state index in [-0.39, 0.29) is 11.1 Å². The van der Waals surface area contributed by atoms with E-state index in [1.807, 2.05) is 12.1 Å². The fraction of sp³-hybridized carbons (Fsp3) is 0.316. The maximum Gasteiger partial charge on any atom is 0.155 e. The molecule has 21 heavy (non-hydrogen) atoms. The summed E-state index contributed by atoms with van der Waals surface area (Å²) in [6, 6.07) is 20.8. The number of benzene rings is 2. The summed E-state index contributed by atoms with van der Waals surface area (Å²) >= 11 is 0. The zero-order valence-corrected chi connectivity index (χ0v) is 12.7. The highest BCUT2D eigenvalue weighted by Crippen LogP contribution is 2.34. The lowest BCUT2D eigenvalue weighted by Crippen LogP contribution is -3.05. The molecule has 0 aromatic heterocycles. The molecule has 0 aliphatic carbocycles. The van der Waals surface area contributed by atoms with Crippen LogP contribution in [0.2, 0.25) is 0 Å². The number of carbonyl (C=O) groups excluding carboxylic acids is 1. The van der Waals surface area contributed by atoms with Crippen LogP contribution < -0.4 is 5.32 Å². The first-order chi connectivity index (χ1) is 10.0. The number of hydrogen-bond acceptors (Lipinski definition) is 1. The van der Waals surface area contributed by atoms with Gasteiger partial charge in [0.2, 0.25) is 0 Å². The molecule has 108 valence electrons. The van der Waals surface area contributed by atoms with Gasteiger partial charge in [-0.15, -0.1) is 0 Å². The van der Waals surface area contributed by atoms with E-state index in [1.54, 1.807) is 0 Å². The van der Waals surface area contributed by atoms with E-state index in [2.05, 4.69) is 67.7 Å². The minimum absolute atomic E-state index is 0.0823. The fourth-order valence-electron chi connectivity index (χ4n) is 3.66. The first kappa shape index (κ1) is 14.0. The Bertz CT molecular complexity index is 592. The maximum absolute atomic E-state index is 12.4. The van der Waals surface area contributed by atoms with E-state index in [1.165, 1.54) is 11.1 Å². The van der Waals surface area contributed by atoms with Crippen molar-refractivity contribution < 1.29 is 10.1 Å². The predicted octanol–water partition coefficient (Wildman–Crippen LogP) is 2.64. The van der Waals surface area contributed by atoms with Gasteiger partial charge in [-0.2, -0.15) is 0 Å². The number of rotatable bonds is 2. The lowest BCUT2D eigenvalue weighted by Gasteiger charge is -2.42. The standard InChI is InChI=1S/C19H21NO/c1-18(2)13-17(21)14-19(20-18,15-9-5-3-6-10-15)16-11-7-4-8-12-16/h3-12,20H,13-14H2,1-2H3/p+1. The van der Waals surface area contributed by atoms with Crippen LogP contribution in [0.1, 0.15) is 37.8 Å². The molecule has 2 N–H and O–H groups in total. The Balaban J connectivity index is 2.18. The molecule has 1 aliphatic heterocycles. The predicted molar refractivity (Wildman–Crippen MR) is 83.9 cm³/mol. The number of nitrogens with two attached hydrogens (primary N) is 1. The summed E-state index contributed by atoms with van der Waals surface area (Å²) in [6.07, 6.45) is 1.19. The third kappa shape index (κ3) is 2.64. The molecule has 1 aliphatic rings. The second-order valence-corrected chi connectivity index (χ2v) is 6.73. The number of ketones is 1. The molecule has 0 atom stereocenters. The normalized spacial score (nSPS) is 20.2. The van der Waals surface area contributed by atoms with Crippen molar-refractivity contribution in [2.75, 3.05) is 0 Å². The fourth-order valence-corrected chi connectivity index (χ4v) is 3.66.